The summed E-state index contributed by atoms with van der Waals surface area (Å²) in [5.41, 5.74) is 7.42. The third-order valence-corrected chi connectivity index (χ3v) is 3.49. The summed E-state index contributed by atoms with van der Waals surface area (Å²) in [7, 11) is 0. The van der Waals surface area contributed by atoms with Crippen molar-refractivity contribution in [2.45, 2.75) is 19.4 Å². The molecule has 72 valence electrons. The monoisotopic (exact) mass is 197 g/mol. The van der Waals surface area contributed by atoms with Crippen molar-refractivity contribution in [2.24, 2.45) is 11.7 Å². The molecule has 2 rings (SSSR count). The van der Waals surface area contributed by atoms with Gasteiger partial charge >= 0.3 is 0 Å². The maximum Gasteiger partial charge on any atom is 0.0513 e. The molecule has 0 spiro atoms. The third kappa shape index (κ3) is 1.93. The first-order chi connectivity index (χ1) is 6.27. The van der Waals surface area contributed by atoms with Crippen LogP contribution in [0.4, 0.5) is 0 Å². The lowest BCUT2D eigenvalue weighted by molar-refractivity contribution is 0.181. The van der Waals surface area contributed by atoms with Gasteiger partial charge in [-0.3, -0.25) is 0 Å². The number of ether oxygens (including phenoxy) is 1. The van der Waals surface area contributed by atoms with Crippen LogP contribution in [0.25, 0.3) is 0 Å². The van der Waals surface area contributed by atoms with Crippen LogP contribution in [0.5, 0.6) is 0 Å². The second kappa shape index (κ2) is 3.78. The van der Waals surface area contributed by atoms with E-state index in [1.165, 1.54) is 10.4 Å². The Morgan fingerprint density at radius 2 is 2.54 bits per heavy atom. The zero-order chi connectivity index (χ0) is 9.26. The highest BCUT2D eigenvalue weighted by atomic mass is 32.1. The molecule has 1 fully saturated rings. The summed E-state index contributed by atoms with van der Waals surface area (Å²) >= 11 is 1.77. The average molecular weight is 197 g/mol. The van der Waals surface area contributed by atoms with Crippen LogP contribution in [0.2, 0.25) is 0 Å². The van der Waals surface area contributed by atoms with E-state index < -0.39 is 0 Å². The summed E-state index contributed by atoms with van der Waals surface area (Å²) in [5.74, 6) is 0.522. The van der Waals surface area contributed by atoms with Crippen molar-refractivity contribution in [1.29, 1.82) is 0 Å². The van der Waals surface area contributed by atoms with Gasteiger partial charge < -0.3 is 10.5 Å². The van der Waals surface area contributed by atoms with Crippen molar-refractivity contribution in [3.05, 3.63) is 21.9 Å². The molecule has 0 bridgehead atoms. The summed E-state index contributed by atoms with van der Waals surface area (Å²) < 4.78 is 5.33. The molecule has 2 nitrogen and oxygen atoms in total. The lowest BCUT2D eigenvalue weighted by atomic mass is 9.95. The Kier molecular flexibility index (Phi) is 2.67. The van der Waals surface area contributed by atoms with Gasteiger partial charge in [0.25, 0.3) is 0 Å². The number of rotatable bonds is 2. The van der Waals surface area contributed by atoms with Crippen LogP contribution < -0.4 is 5.73 Å². The molecular formula is C10H15NOS. The second-order valence-electron chi connectivity index (χ2n) is 3.64. The van der Waals surface area contributed by atoms with Gasteiger partial charge in [0.1, 0.15) is 0 Å². The molecule has 1 saturated heterocycles. The van der Waals surface area contributed by atoms with Gasteiger partial charge in [0.2, 0.25) is 0 Å². The van der Waals surface area contributed by atoms with E-state index in [4.69, 9.17) is 10.5 Å². The SMILES string of the molecule is Cc1cc(C(N)C2CCOC2)cs1. The van der Waals surface area contributed by atoms with Crippen LogP contribution in [-0.4, -0.2) is 13.2 Å². The molecule has 1 aromatic heterocycles. The van der Waals surface area contributed by atoms with Crippen LogP contribution in [0, 0.1) is 12.8 Å². The number of hydrogen-bond acceptors (Lipinski definition) is 3. The standard InChI is InChI=1S/C10H15NOS/c1-7-4-9(6-13-7)10(11)8-2-3-12-5-8/h4,6,8,10H,2-3,5,11H2,1H3. The molecule has 2 unspecified atom stereocenters. The minimum absolute atomic E-state index is 0.174. The quantitative estimate of drug-likeness (QED) is 0.788. The fourth-order valence-electron chi connectivity index (χ4n) is 1.75. The predicted molar refractivity (Wildman–Crippen MR) is 54.9 cm³/mol. The zero-order valence-corrected chi connectivity index (χ0v) is 8.64. The van der Waals surface area contributed by atoms with Crippen LogP contribution >= 0.6 is 11.3 Å². The van der Waals surface area contributed by atoms with Crippen molar-refractivity contribution in [1.82, 2.24) is 0 Å². The predicted octanol–water partition coefficient (Wildman–Crippen LogP) is 2.09. The van der Waals surface area contributed by atoms with Gasteiger partial charge in [0, 0.05) is 23.4 Å². The number of thiophene rings is 1. The zero-order valence-electron chi connectivity index (χ0n) is 7.82. The minimum Gasteiger partial charge on any atom is -0.381 e. The first kappa shape index (κ1) is 9.19. The Morgan fingerprint density at radius 1 is 1.69 bits per heavy atom. The minimum atomic E-state index is 0.174. The Morgan fingerprint density at radius 3 is 3.08 bits per heavy atom. The second-order valence-corrected chi connectivity index (χ2v) is 4.76. The van der Waals surface area contributed by atoms with E-state index >= 15 is 0 Å². The Labute approximate surface area is 82.7 Å². The van der Waals surface area contributed by atoms with Crippen LogP contribution in [0.3, 0.4) is 0 Å². The highest BCUT2D eigenvalue weighted by molar-refractivity contribution is 7.10. The van der Waals surface area contributed by atoms with Crippen LogP contribution in [0.15, 0.2) is 11.4 Å². The van der Waals surface area contributed by atoms with Crippen LogP contribution in [-0.2, 0) is 4.74 Å². The first-order valence-corrected chi connectivity index (χ1v) is 5.53. The van der Waals surface area contributed by atoms with Crippen molar-refractivity contribution >= 4 is 11.3 Å². The highest BCUT2D eigenvalue weighted by Crippen LogP contribution is 2.29. The molecule has 0 aliphatic carbocycles. The highest BCUT2D eigenvalue weighted by Gasteiger charge is 2.24. The Bertz CT molecular complexity index is 278. The van der Waals surface area contributed by atoms with Crippen LogP contribution in [0.1, 0.15) is 22.9 Å². The molecule has 13 heavy (non-hydrogen) atoms. The summed E-state index contributed by atoms with van der Waals surface area (Å²) in [5, 5.41) is 2.16. The largest absolute Gasteiger partial charge is 0.381 e. The van der Waals surface area contributed by atoms with Gasteiger partial charge in [0.05, 0.1) is 6.61 Å². The van der Waals surface area contributed by atoms with E-state index in [9.17, 15) is 0 Å². The summed E-state index contributed by atoms with van der Waals surface area (Å²) in [4.78, 5) is 1.34. The van der Waals surface area contributed by atoms with Gasteiger partial charge in [-0.2, -0.15) is 0 Å². The van der Waals surface area contributed by atoms with E-state index in [0.717, 1.165) is 19.6 Å². The molecule has 0 saturated carbocycles. The van der Waals surface area contributed by atoms with Gasteiger partial charge in [-0.1, -0.05) is 0 Å². The molecule has 3 heteroatoms. The van der Waals surface area contributed by atoms with E-state index in [-0.39, 0.29) is 6.04 Å². The summed E-state index contributed by atoms with van der Waals surface area (Å²) in [6, 6.07) is 2.36. The number of nitrogens with two attached hydrogens (primary N) is 1. The van der Waals surface area contributed by atoms with E-state index in [0.29, 0.717) is 5.92 Å². The fourth-order valence-corrected chi connectivity index (χ4v) is 2.50. The van der Waals surface area contributed by atoms with E-state index in [1.54, 1.807) is 11.3 Å². The van der Waals surface area contributed by atoms with E-state index in [2.05, 4.69) is 18.4 Å². The first-order valence-electron chi connectivity index (χ1n) is 4.66. The van der Waals surface area contributed by atoms with E-state index in [1.807, 2.05) is 0 Å². The fraction of sp³-hybridized carbons (Fsp3) is 0.600. The maximum atomic E-state index is 6.14. The third-order valence-electron chi connectivity index (χ3n) is 2.61. The molecule has 2 heterocycles. The molecule has 0 amide bonds. The molecule has 2 N–H and O–H groups in total. The molecule has 1 aliphatic heterocycles. The molecule has 1 aromatic rings. The molecule has 0 aromatic carbocycles. The lowest BCUT2D eigenvalue weighted by Crippen LogP contribution is -2.20. The molecular weight excluding hydrogens is 182 g/mol. The normalized spacial score (nSPS) is 24.9. The van der Waals surface area contributed by atoms with Crippen molar-refractivity contribution < 1.29 is 4.74 Å². The average Bonchev–Trinajstić information content (AvgIpc) is 2.72. The molecule has 1 aliphatic rings. The maximum absolute atomic E-state index is 6.14. The summed E-state index contributed by atoms with van der Waals surface area (Å²) in [6.07, 6.45) is 1.11. The van der Waals surface area contributed by atoms with Crippen molar-refractivity contribution in [3.63, 3.8) is 0 Å². The smallest absolute Gasteiger partial charge is 0.0513 e. The topological polar surface area (TPSA) is 35.2 Å². The number of hydrogen-bond donors (Lipinski definition) is 1. The lowest BCUT2D eigenvalue weighted by Gasteiger charge is -2.15. The van der Waals surface area contributed by atoms with Gasteiger partial charge in [-0.25, -0.2) is 0 Å². The van der Waals surface area contributed by atoms with Gasteiger partial charge in [-0.05, 0) is 30.4 Å². The molecule has 0 radical (unpaired) electrons. The molecule has 2 atom stereocenters. The van der Waals surface area contributed by atoms with Gasteiger partial charge in [0.15, 0.2) is 0 Å². The Hall–Kier alpha value is -0.380. The van der Waals surface area contributed by atoms with Crippen molar-refractivity contribution in [3.8, 4) is 0 Å². The van der Waals surface area contributed by atoms with Crippen molar-refractivity contribution in [2.75, 3.05) is 13.2 Å². The number of aryl methyl sites for hydroxylation is 1. The Balaban J connectivity index is 2.07. The van der Waals surface area contributed by atoms with Gasteiger partial charge in [-0.15, -0.1) is 11.3 Å². The summed E-state index contributed by atoms with van der Waals surface area (Å²) in [6.45, 7) is 3.82.